The smallest absolute Gasteiger partial charge is 0.225 e. The molecule has 0 fully saturated rings. The van der Waals surface area contributed by atoms with Gasteiger partial charge in [-0.15, -0.1) is 11.3 Å². The van der Waals surface area contributed by atoms with Gasteiger partial charge in [-0.1, -0.05) is 54.1 Å². The highest BCUT2D eigenvalue weighted by molar-refractivity contribution is 7.11. The fourth-order valence-corrected chi connectivity index (χ4v) is 4.31. The number of hydrogen-bond donors (Lipinski definition) is 1. The van der Waals surface area contributed by atoms with Crippen molar-refractivity contribution in [1.82, 2.24) is 0 Å². The lowest BCUT2D eigenvalue weighted by Crippen LogP contribution is -2.22. The fraction of sp³-hybridized carbons (Fsp3) is 0.105. The Morgan fingerprint density at radius 3 is 2.52 bits per heavy atom. The standard InChI is InChI=1S/C19H14ClNOS/c20-14-8-6-13(7-9-14)15-10-17(22)21-18-16(11-23-19(15)18)12-4-2-1-3-5-12/h1-9,11,15H,10H2,(H,21,22). The van der Waals surface area contributed by atoms with Crippen molar-refractivity contribution in [2.75, 3.05) is 5.32 Å². The van der Waals surface area contributed by atoms with Crippen LogP contribution in [0.15, 0.2) is 60.0 Å². The predicted molar refractivity (Wildman–Crippen MR) is 96.3 cm³/mol. The summed E-state index contributed by atoms with van der Waals surface area (Å²) in [5.41, 5.74) is 4.31. The summed E-state index contributed by atoms with van der Waals surface area (Å²) in [7, 11) is 0. The molecule has 0 saturated heterocycles. The van der Waals surface area contributed by atoms with E-state index < -0.39 is 0 Å². The van der Waals surface area contributed by atoms with E-state index >= 15 is 0 Å². The molecule has 1 atom stereocenters. The lowest BCUT2D eigenvalue weighted by molar-refractivity contribution is -0.116. The van der Waals surface area contributed by atoms with E-state index in [-0.39, 0.29) is 11.8 Å². The minimum Gasteiger partial charge on any atom is -0.325 e. The van der Waals surface area contributed by atoms with E-state index in [0.717, 1.165) is 22.4 Å². The number of benzene rings is 2. The van der Waals surface area contributed by atoms with Crippen molar-refractivity contribution in [2.24, 2.45) is 0 Å². The SMILES string of the molecule is O=C1CC(c2ccc(Cl)cc2)c2scc(-c3ccccc3)c2N1. The quantitative estimate of drug-likeness (QED) is 0.652. The van der Waals surface area contributed by atoms with E-state index in [1.54, 1.807) is 11.3 Å². The lowest BCUT2D eigenvalue weighted by atomic mass is 9.89. The second kappa shape index (κ2) is 5.84. The van der Waals surface area contributed by atoms with Crippen molar-refractivity contribution in [1.29, 1.82) is 0 Å². The average Bonchev–Trinajstić information content (AvgIpc) is 2.99. The van der Waals surface area contributed by atoms with Crippen LogP contribution < -0.4 is 5.32 Å². The summed E-state index contributed by atoms with van der Waals surface area (Å²) in [6.45, 7) is 0. The van der Waals surface area contributed by atoms with E-state index in [1.807, 2.05) is 42.5 Å². The number of carbonyl (C=O) groups excluding carboxylic acids is 1. The van der Waals surface area contributed by atoms with Crippen molar-refractivity contribution < 1.29 is 4.79 Å². The Bertz CT molecular complexity index is 855. The Morgan fingerprint density at radius 2 is 1.78 bits per heavy atom. The van der Waals surface area contributed by atoms with Crippen LogP contribution in [-0.2, 0) is 4.79 Å². The van der Waals surface area contributed by atoms with Crippen molar-refractivity contribution in [3.05, 3.63) is 75.4 Å². The largest absolute Gasteiger partial charge is 0.325 e. The number of anilines is 1. The zero-order valence-electron chi connectivity index (χ0n) is 12.3. The Labute approximate surface area is 143 Å². The van der Waals surface area contributed by atoms with Crippen molar-refractivity contribution >= 4 is 34.5 Å². The van der Waals surface area contributed by atoms with Crippen molar-refractivity contribution in [3.8, 4) is 11.1 Å². The second-order valence-corrected chi connectivity index (χ2v) is 6.96. The van der Waals surface area contributed by atoms with Crippen LogP contribution in [0.5, 0.6) is 0 Å². The fourth-order valence-electron chi connectivity index (χ4n) is 3.02. The summed E-state index contributed by atoms with van der Waals surface area (Å²) in [4.78, 5) is 13.4. The molecule has 23 heavy (non-hydrogen) atoms. The van der Waals surface area contributed by atoms with Gasteiger partial charge in [-0.2, -0.15) is 0 Å². The first-order chi connectivity index (χ1) is 11.2. The molecule has 1 unspecified atom stereocenters. The summed E-state index contributed by atoms with van der Waals surface area (Å²) in [5, 5.41) is 5.91. The van der Waals surface area contributed by atoms with Gasteiger partial charge in [0.15, 0.2) is 0 Å². The molecule has 1 aliphatic heterocycles. The third-order valence-electron chi connectivity index (χ3n) is 4.15. The third-order valence-corrected chi connectivity index (χ3v) is 5.50. The van der Waals surface area contributed by atoms with Crippen LogP contribution in [0.4, 0.5) is 5.69 Å². The molecule has 4 heteroatoms. The van der Waals surface area contributed by atoms with Crippen LogP contribution >= 0.6 is 22.9 Å². The first kappa shape index (κ1) is 14.5. The molecule has 0 saturated carbocycles. The van der Waals surface area contributed by atoms with Gasteiger partial charge in [0, 0.05) is 33.2 Å². The minimum absolute atomic E-state index is 0.0630. The average molecular weight is 340 g/mol. The Hall–Kier alpha value is -2.10. The molecule has 1 N–H and O–H groups in total. The summed E-state index contributed by atoms with van der Waals surface area (Å²) in [5.74, 6) is 0.159. The molecule has 4 rings (SSSR count). The number of carbonyl (C=O) groups is 1. The van der Waals surface area contributed by atoms with Gasteiger partial charge >= 0.3 is 0 Å². The van der Waals surface area contributed by atoms with Gasteiger partial charge in [0.2, 0.25) is 5.91 Å². The molecule has 0 radical (unpaired) electrons. The van der Waals surface area contributed by atoms with Crippen LogP contribution in [0.2, 0.25) is 5.02 Å². The highest BCUT2D eigenvalue weighted by Crippen LogP contribution is 2.46. The van der Waals surface area contributed by atoms with E-state index in [0.29, 0.717) is 11.4 Å². The van der Waals surface area contributed by atoms with E-state index in [1.165, 1.54) is 4.88 Å². The van der Waals surface area contributed by atoms with E-state index in [9.17, 15) is 4.79 Å². The number of nitrogens with one attached hydrogen (secondary N) is 1. The van der Waals surface area contributed by atoms with Gasteiger partial charge in [-0.25, -0.2) is 0 Å². The van der Waals surface area contributed by atoms with Gasteiger partial charge in [0.25, 0.3) is 0 Å². The summed E-state index contributed by atoms with van der Waals surface area (Å²) < 4.78 is 0. The van der Waals surface area contributed by atoms with Crippen LogP contribution in [0.3, 0.4) is 0 Å². The molecular weight excluding hydrogens is 326 g/mol. The van der Waals surface area contributed by atoms with E-state index in [4.69, 9.17) is 11.6 Å². The maximum Gasteiger partial charge on any atom is 0.225 e. The summed E-state index contributed by atoms with van der Waals surface area (Å²) in [6, 6.07) is 18.0. The number of rotatable bonds is 2. The summed E-state index contributed by atoms with van der Waals surface area (Å²) in [6.07, 6.45) is 0.476. The molecule has 114 valence electrons. The number of hydrogen-bond acceptors (Lipinski definition) is 2. The minimum atomic E-state index is 0.0630. The highest BCUT2D eigenvalue weighted by atomic mass is 35.5. The predicted octanol–water partition coefficient (Wildman–Crippen LogP) is 5.54. The van der Waals surface area contributed by atoms with Crippen molar-refractivity contribution in [3.63, 3.8) is 0 Å². The Morgan fingerprint density at radius 1 is 1.04 bits per heavy atom. The molecule has 0 aliphatic carbocycles. The third kappa shape index (κ3) is 2.67. The number of thiophene rings is 1. The molecule has 2 nitrogen and oxygen atoms in total. The molecule has 1 aliphatic rings. The normalized spacial score (nSPS) is 16.7. The maximum atomic E-state index is 12.2. The molecule has 0 spiro atoms. The number of fused-ring (bicyclic) bond motifs is 1. The molecule has 1 aromatic heterocycles. The van der Waals surface area contributed by atoms with Gasteiger partial charge in [-0.3, -0.25) is 4.79 Å². The lowest BCUT2D eigenvalue weighted by Gasteiger charge is -2.24. The van der Waals surface area contributed by atoms with Crippen LogP contribution in [-0.4, -0.2) is 5.91 Å². The molecule has 1 amide bonds. The van der Waals surface area contributed by atoms with Crippen molar-refractivity contribution in [2.45, 2.75) is 12.3 Å². The molecule has 2 aromatic carbocycles. The molecule has 2 heterocycles. The van der Waals surface area contributed by atoms with Crippen LogP contribution in [0.25, 0.3) is 11.1 Å². The maximum absolute atomic E-state index is 12.2. The van der Waals surface area contributed by atoms with Gasteiger partial charge < -0.3 is 5.32 Å². The Balaban J connectivity index is 1.81. The second-order valence-electron chi connectivity index (χ2n) is 5.61. The first-order valence-corrected chi connectivity index (χ1v) is 8.70. The van der Waals surface area contributed by atoms with E-state index in [2.05, 4.69) is 22.8 Å². The van der Waals surface area contributed by atoms with Crippen LogP contribution in [0.1, 0.15) is 22.8 Å². The molecule has 0 bridgehead atoms. The molecule has 3 aromatic rings. The number of halogens is 1. The van der Waals surface area contributed by atoms with Gasteiger partial charge in [0.05, 0.1) is 5.69 Å². The van der Waals surface area contributed by atoms with Crippen LogP contribution in [0, 0.1) is 0 Å². The summed E-state index contributed by atoms with van der Waals surface area (Å²) >= 11 is 7.70. The topological polar surface area (TPSA) is 29.1 Å². The van der Waals surface area contributed by atoms with Gasteiger partial charge in [0.1, 0.15) is 0 Å². The Kier molecular flexibility index (Phi) is 3.68. The van der Waals surface area contributed by atoms with Gasteiger partial charge in [-0.05, 0) is 23.3 Å². The number of amides is 1. The molecular formula is C19H14ClNOS. The zero-order valence-corrected chi connectivity index (χ0v) is 13.8. The monoisotopic (exact) mass is 339 g/mol. The highest BCUT2D eigenvalue weighted by Gasteiger charge is 2.30. The zero-order chi connectivity index (χ0) is 15.8. The first-order valence-electron chi connectivity index (χ1n) is 7.44.